The first kappa shape index (κ1) is 12.8. The van der Waals surface area contributed by atoms with E-state index in [-0.39, 0.29) is 0 Å². The van der Waals surface area contributed by atoms with Crippen molar-refractivity contribution < 1.29 is 0 Å². The van der Waals surface area contributed by atoms with E-state index in [1.807, 2.05) is 0 Å². The second kappa shape index (κ2) is 5.44. The van der Waals surface area contributed by atoms with Crippen LogP contribution in [0.2, 0.25) is 0 Å². The first-order valence-corrected chi connectivity index (χ1v) is 7.83. The molecule has 0 bridgehead atoms. The molecule has 1 fully saturated rings. The van der Waals surface area contributed by atoms with Crippen LogP contribution in [0.4, 0.5) is 11.4 Å². The van der Waals surface area contributed by atoms with Crippen molar-refractivity contribution in [2.45, 2.75) is 51.5 Å². The van der Waals surface area contributed by atoms with Crippen molar-refractivity contribution in [2.24, 2.45) is 5.92 Å². The Bertz CT molecular complexity index is 433. The van der Waals surface area contributed by atoms with E-state index in [1.54, 1.807) is 0 Å². The third-order valence-electron chi connectivity index (χ3n) is 4.97. The highest BCUT2D eigenvalue weighted by atomic mass is 15.1. The van der Waals surface area contributed by atoms with Gasteiger partial charge in [-0.2, -0.15) is 0 Å². The number of rotatable bonds is 2. The maximum atomic E-state index is 3.50. The molecule has 1 aromatic rings. The first-order valence-electron chi connectivity index (χ1n) is 7.83. The maximum absolute atomic E-state index is 3.50. The molecule has 0 amide bonds. The summed E-state index contributed by atoms with van der Waals surface area (Å²) in [5.74, 6) is 0.928. The number of anilines is 2. The molecule has 2 nitrogen and oxygen atoms in total. The monoisotopic (exact) mass is 258 g/mol. The molecule has 2 heteroatoms. The van der Waals surface area contributed by atoms with Gasteiger partial charge in [0.25, 0.3) is 0 Å². The Labute approximate surface area is 117 Å². The predicted molar refractivity (Wildman–Crippen MR) is 83.1 cm³/mol. The van der Waals surface area contributed by atoms with Crippen LogP contribution in [0.3, 0.4) is 0 Å². The van der Waals surface area contributed by atoms with Crippen LogP contribution < -0.4 is 10.2 Å². The van der Waals surface area contributed by atoms with Gasteiger partial charge in [-0.15, -0.1) is 0 Å². The Hall–Kier alpha value is -1.18. The molecule has 0 saturated heterocycles. The summed E-state index contributed by atoms with van der Waals surface area (Å²) >= 11 is 0. The van der Waals surface area contributed by atoms with E-state index in [1.165, 1.54) is 55.5 Å². The summed E-state index contributed by atoms with van der Waals surface area (Å²) in [5.41, 5.74) is 4.25. The number of nitrogens with one attached hydrogen (secondary N) is 1. The zero-order chi connectivity index (χ0) is 13.2. The summed E-state index contributed by atoms with van der Waals surface area (Å²) in [6.07, 6.45) is 7.98. The van der Waals surface area contributed by atoms with Crippen LogP contribution in [0.1, 0.15) is 44.6 Å². The average molecular weight is 258 g/mol. The molecule has 1 aliphatic carbocycles. The molecule has 0 aromatic heterocycles. The van der Waals surface area contributed by atoms with Gasteiger partial charge >= 0.3 is 0 Å². The van der Waals surface area contributed by atoms with Crippen LogP contribution in [-0.4, -0.2) is 19.6 Å². The van der Waals surface area contributed by atoms with Crippen molar-refractivity contribution in [3.05, 3.63) is 23.8 Å². The Morgan fingerprint density at radius 3 is 2.74 bits per heavy atom. The van der Waals surface area contributed by atoms with Gasteiger partial charge in [-0.25, -0.2) is 0 Å². The fraction of sp³-hybridized carbons (Fsp3) is 0.647. The van der Waals surface area contributed by atoms with Crippen molar-refractivity contribution in [1.82, 2.24) is 0 Å². The van der Waals surface area contributed by atoms with Crippen molar-refractivity contribution in [3.8, 4) is 0 Å². The SMILES string of the molecule is CC1CCC(N(C)c2ccc3c(c2)CCCN3)CC1. The Kier molecular flexibility index (Phi) is 3.67. The standard InChI is InChI=1S/C17H26N2/c1-13-5-7-15(8-6-13)19(2)16-9-10-17-14(12-16)4-3-11-18-17/h9-10,12-13,15,18H,3-8,11H2,1-2H3. The third-order valence-corrected chi connectivity index (χ3v) is 4.97. The fourth-order valence-corrected chi connectivity index (χ4v) is 3.52. The van der Waals surface area contributed by atoms with Crippen LogP contribution in [0.15, 0.2) is 18.2 Å². The number of nitrogens with zero attached hydrogens (tertiary/aromatic N) is 1. The smallest absolute Gasteiger partial charge is 0.0374 e. The topological polar surface area (TPSA) is 15.3 Å². The van der Waals surface area contributed by atoms with Crippen molar-refractivity contribution in [3.63, 3.8) is 0 Å². The summed E-state index contributed by atoms with van der Waals surface area (Å²) in [5, 5.41) is 3.50. The molecule has 104 valence electrons. The second-order valence-electron chi connectivity index (χ2n) is 6.40. The van der Waals surface area contributed by atoms with E-state index in [4.69, 9.17) is 0 Å². The minimum Gasteiger partial charge on any atom is -0.385 e. The Morgan fingerprint density at radius 2 is 1.95 bits per heavy atom. The first-order chi connectivity index (χ1) is 9.24. The van der Waals surface area contributed by atoms with Crippen molar-refractivity contribution in [2.75, 3.05) is 23.8 Å². The van der Waals surface area contributed by atoms with Crippen molar-refractivity contribution in [1.29, 1.82) is 0 Å². The number of hydrogen-bond donors (Lipinski definition) is 1. The van der Waals surface area contributed by atoms with Gasteiger partial charge in [0.15, 0.2) is 0 Å². The van der Waals surface area contributed by atoms with Crippen LogP contribution in [0.5, 0.6) is 0 Å². The molecule has 1 aliphatic heterocycles. The van der Waals surface area contributed by atoms with Gasteiger partial charge in [0.2, 0.25) is 0 Å². The summed E-state index contributed by atoms with van der Waals surface area (Å²) in [6.45, 7) is 3.52. The summed E-state index contributed by atoms with van der Waals surface area (Å²) in [6, 6.07) is 7.70. The van der Waals surface area contributed by atoms with Crippen LogP contribution in [-0.2, 0) is 6.42 Å². The van der Waals surface area contributed by atoms with Crippen molar-refractivity contribution >= 4 is 11.4 Å². The molecule has 1 aromatic carbocycles. The van der Waals surface area contributed by atoms with Gasteiger partial charge in [0.05, 0.1) is 0 Å². The highest BCUT2D eigenvalue weighted by Crippen LogP contribution is 2.32. The second-order valence-corrected chi connectivity index (χ2v) is 6.40. The van der Waals surface area contributed by atoms with E-state index >= 15 is 0 Å². The summed E-state index contributed by atoms with van der Waals surface area (Å²) in [7, 11) is 2.28. The van der Waals surface area contributed by atoms with E-state index in [9.17, 15) is 0 Å². The molecule has 1 heterocycles. The summed E-state index contributed by atoms with van der Waals surface area (Å²) < 4.78 is 0. The van der Waals surface area contributed by atoms with Crippen LogP contribution >= 0.6 is 0 Å². The van der Waals surface area contributed by atoms with Gasteiger partial charge in [0.1, 0.15) is 0 Å². The lowest BCUT2D eigenvalue weighted by Crippen LogP contribution is -2.34. The quantitative estimate of drug-likeness (QED) is 0.860. The molecule has 0 unspecified atom stereocenters. The van der Waals surface area contributed by atoms with Gasteiger partial charge in [0, 0.05) is 31.0 Å². The van der Waals surface area contributed by atoms with Crippen LogP contribution in [0, 0.1) is 5.92 Å². The lowest BCUT2D eigenvalue weighted by molar-refractivity contribution is 0.341. The molecule has 1 N–H and O–H groups in total. The number of hydrogen-bond acceptors (Lipinski definition) is 2. The van der Waals surface area contributed by atoms with E-state index in [2.05, 4.69) is 42.4 Å². The molecule has 0 atom stereocenters. The van der Waals surface area contributed by atoms with Crippen LogP contribution in [0.25, 0.3) is 0 Å². The van der Waals surface area contributed by atoms with E-state index in [0.717, 1.165) is 18.5 Å². The molecule has 2 aliphatic rings. The van der Waals surface area contributed by atoms with E-state index in [0.29, 0.717) is 0 Å². The predicted octanol–water partition coefficient (Wildman–Crippen LogP) is 4.06. The highest BCUT2D eigenvalue weighted by molar-refractivity contribution is 5.61. The molecule has 1 saturated carbocycles. The Morgan fingerprint density at radius 1 is 1.16 bits per heavy atom. The zero-order valence-corrected chi connectivity index (χ0v) is 12.3. The number of aryl methyl sites for hydroxylation is 1. The largest absolute Gasteiger partial charge is 0.385 e. The lowest BCUT2D eigenvalue weighted by Gasteiger charge is -2.35. The highest BCUT2D eigenvalue weighted by Gasteiger charge is 2.22. The fourth-order valence-electron chi connectivity index (χ4n) is 3.52. The minimum absolute atomic E-state index is 0.741. The Balaban J connectivity index is 1.74. The molecular formula is C17H26N2. The molecule has 0 radical (unpaired) electrons. The average Bonchev–Trinajstić information content (AvgIpc) is 2.47. The number of fused-ring (bicyclic) bond motifs is 1. The van der Waals surface area contributed by atoms with Gasteiger partial charge in [-0.3, -0.25) is 0 Å². The maximum Gasteiger partial charge on any atom is 0.0374 e. The normalized spacial score (nSPS) is 26.4. The molecule has 3 rings (SSSR count). The molecular weight excluding hydrogens is 232 g/mol. The number of benzene rings is 1. The third kappa shape index (κ3) is 2.72. The van der Waals surface area contributed by atoms with Gasteiger partial charge in [-0.05, 0) is 68.2 Å². The lowest BCUT2D eigenvalue weighted by atomic mass is 9.86. The van der Waals surface area contributed by atoms with Gasteiger partial charge in [-0.1, -0.05) is 6.92 Å². The van der Waals surface area contributed by atoms with E-state index < -0.39 is 0 Å². The zero-order valence-electron chi connectivity index (χ0n) is 12.3. The molecule has 0 spiro atoms. The minimum atomic E-state index is 0.741. The molecule has 19 heavy (non-hydrogen) atoms. The van der Waals surface area contributed by atoms with Gasteiger partial charge < -0.3 is 10.2 Å². The summed E-state index contributed by atoms with van der Waals surface area (Å²) in [4.78, 5) is 2.51.